The van der Waals surface area contributed by atoms with Crippen molar-refractivity contribution in [3.05, 3.63) is 35.8 Å². The minimum absolute atomic E-state index is 0.154. The molecule has 1 aliphatic carbocycles. The monoisotopic (exact) mass is 460 g/mol. The summed E-state index contributed by atoms with van der Waals surface area (Å²) in [7, 11) is -4.19. The summed E-state index contributed by atoms with van der Waals surface area (Å²) in [6, 6.07) is 2.87. The standard InChI is InChI=1S/C21H22F2N6O2S/c1-13-6-18-19(25-10-13)17(9-24)20(29(18)15-4-2-3-5-15)21-26-11-16(12-27-21)32(30,31)28-14(7-22)8-23/h6,10-12,14-15,28H,2-5,7-8H2,1H3. The Morgan fingerprint density at radius 1 is 1.19 bits per heavy atom. The summed E-state index contributed by atoms with van der Waals surface area (Å²) in [5.74, 6) is 0.190. The van der Waals surface area contributed by atoms with E-state index in [0.29, 0.717) is 16.8 Å². The quantitative estimate of drug-likeness (QED) is 0.578. The van der Waals surface area contributed by atoms with Crippen molar-refractivity contribution in [3.8, 4) is 17.6 Å². The number of nitrogens with zero attached hydrogens (tertiary/aromatic N) is 5. The van der Waals surface area contributed by atoms with E-state index in [1.54, 1.807) is 6.20 Å². The molecule has 0 spiro atoms. The van der Waals surface area contributed by atoms with E-state index in [4.69, 9.17) is 0 Å². The summed E-state index contributed by atoms with van der Waals surface area (Å²) >= 11 is 0. The van der Waals surface area contributed by atoms with Gasteiger partial charge in [0.25, 0.3) is 0 Å². The van der Waals surface area contributed by atoms with Crippen LogP contribution < -0.4 is 4.72 Å². The molecule has 11 heteroatoms. The topological polar surface area (TPSA) is 114 Å². The summed E-state index contributed by atoms with van der Waals surface area (Å²) in [5, 5.41) is 9.90. The molecule has 0 bridgehead atoms. The Labute approximate surface area is 184 Å². The second-order valence-corrected chi connectivity index (χ2v) is 9.61. The molecule has 1 saturated carbocycles. The lowest BCUT2D eigenvalue weighted by Gasteiger charge is -2.17. The average Bonchev–Trinajstić information content (AvgIpc) is 3.42. The number of hydrogen-bond donors (Lipinski definition) is 1. The van der Waals surface area contributed by atoms with Crippen molar-refractivity contribution in [2.45, 2.75) is 49.6 Å². The minimum atomic E-state index is -4.19. The van der Waals surface area contributed by atoms with E-state index in [0.717, 1.165) is 49.2 Å². The molecule has 3 heterocycles. The first-order chi connectivity index (χ1) is 15.4. The normalized spacial score (nSPS) is 15.0. The van der Waals surface area contributed by atoms with Crippen LogP contribution in [0, 0.1) is 18.3 Å². The highest BCUT2D eigenvalue weighted by atomic mass is 32.2. The van der Waals surface area contributed by atoms with Gasteiger partial charge in [0.15, 0.2) is 5.82 Å². The lowest BCUT2D eigenvalue weighted by molar-refractivity contribution is 0.334. The van der Waals surface area contributed by atoms with Gasteiger partial charge in [-0.15, -0.1) is 0 Å². The molecule has 0 atom stereocenters. The van der Waals surface area contributed by atoms with Crippen LogP contribution in [0.4, 0.5) is 8.78 Å². The molecule has 8 nitrogen and oxygen atoms in total. The Bertz CT molecular complexity index is 1270. The Hall–Kier alpha value is -2.97. The SMILES string of the molecule is Cc1cnc2c(C#N)c(-c3ncc(S(=O)(=O)NC(CF)CF)cn3)n(C3CCCC3)c2c1. The van der Waals surface area contributed by atoms with Crippen LogP contribution in [0.25, 0.3) is 22.6 Å². The third-order valence-corrected chi connectivity index (χ3v) is 7.10. The van der Waals surface area contributed by atoms with Crippen molar-refractivity contribution in [3.63, 3.8) is 0 Å². The van der Waals surface area contributed by atoms with Gasteiger partial charge >= 0.3 is 0 Å². The van der Waals surface area contributed by atoms with Crippen LogP contribution in [0.15, 0.2) is 29.6 Å². The number of rotatable bonds is 7. The zero-order valence-corrected chi connectivity index (χ0v) is 18.2. The Kier molecular flexibility index (Phi) is 6.17. The molecule has 168 valence electrons. The van der Waals surface area contributed by atoms with E-state index < -0.39 is 29.4 Å². The van der Waals surface area contributed by atoms with E-state index >= 15 is 0 Å². The number of halogens is 2. The molecule has 1 aliphatic rings. The van der Waals surface area contributed by atoms with Crippen LogP contribution in [-0.2, 0) is 10.0 Å². The lowest BCUT2D eigenvalue weighted by Crippen LogP contribution is -2.38. The maximum atomic E-state index is 12.8. The van der Waals surface area contributed by atoms with Gasteiger partial charge in [-0.2, -0.15) is 5.26 Å². The fraction of sp³-hybridized carbons (Fsp3) is 0.429. The van der Waals surface area contributed by atoms with E-state index in [1.165, 1.54) is 0 Å². The second kappa shape index (κ2) is 8.88. The number of nitrogens with one attached hydrogen (secondary N) is 1. The molecule has 0 saturated heterocycles. The average molecular weight is 461 g/mol. The Balaban J connectivity index is 1.83. The Morgan fingerprint density at radius 3 is 2.44 bits per heavy atom. The van der Waals surface area contributed by atoms with Crippen LogP contribution in [0.2, 0.25) is 0 Å². The molecule has 1 fully saturated rings. The van der Waals surface area contributed by atoms with Crippen molar-refractivity contribution in [2.24, 2.45) is 0 Å². The third-order valence-electron chi connectivity index (χ3n) is 5.62. The second-order valence-electron chi connectivity index (χ2n) is 7.89. The predicted molar refractivity (Wildman–Crippen MR) is 114 cm³/mol. The molecule has 0 unspecified atom stereocenters. The molecule has 0 amide bonds. The number of nitriles is 1. The number of aromatic nitrogens is 4. The lowest BCUT2D eigenvalue weighted by atomic mass is 10.2. The van der Waals surface area contributed by atoms with Crippen LogP contribution in [-0.4, -0.2) is 47.3 Å². The van der Waals surface area contributed by atoms with Crippen molar-refractivity contribution in [2.75, 3.05) is 13.3 Å². The van der Waals surface area contributed by atoms with Crippen LogP contribution >= 0.6 is 0 Å². The highest BCUT2D eigenvalue weighted by Crippen LogP contribution is 2.39. The number of sulfonamides is 1. The number of aryl methyl sites for hydroxylation is 1. The first-order valence-corrected chi connectivity index (χ1v) is 11.7. The first kappa shape index (κ1) is 22.2. The summed E-state index contributed by atoms with van der Waals surface area (Å²) in [6.07, 6.45) is 7.88. The van der Waals surface area contributed by atoms with E-state index in [2.05, 4.69) is 21.0 Å². The first-order valence-electron chi connectivity index (χ1n) is 10.3. The summed E-state index contributed by atoms with van der Waals surface area (Å²) in [5.41, 5.74) is 3.15. The maximum absolute atomic E-state index is 12.8. The zero-order valence-electron chi connectivity index (χ0n) is 17.4. The van der Waals surface area contributed by atoms with Crippen LogP contribution in [0.1, 0.15) is 42.9 Å². The Morgan fingerprint density at radius 2 is 1.84 bits per heavy atom. The molecule has 3 aromatic heterocycles. The molecular weight excluding hydrogens is 438 g/mol. The van der Waals surface area contributed by atoms with Crippen molar-refractivity contribution in [1.29, 1.82) is 5.26 Å². The van der Waals surface area contributed by atoms with Gasteiger partial charge in [0.2, 0.25) is 10.0 Å². The summed E-state index contributed by atoms with van der Waals surface area (Å²) in [4.78, 5) is 12.6. The van der Waals surface area contributed by atoms with Gasteiger partial charge in [0.1, 0.15) is 41.1 Å². The molecule has 4 rings (SSSR count). The van der Waals surface area contributed by atoms with Gasteiger partial charge in [-0.1, -0.05) is 12.8 Å². The number of alkyl halides is 2. The maximum Gasteiger partial charge on any atom is 0.244 e. The van der Waals surface area contributed by atoms with E-state index in [9.17, 15) is 22.5 Å². The van der Waals surface area contributed by atoms with E-state index in [1.807, 2.05) is 22.3 Å². The van der Waals surface area contributed by atoms with Crippen molar-refractivity contribution < 1.29 is 17.2 Å². The summed E-state index contributed by atoms with van der Waals surface area (Å²) in [6.45, 7) is -0.419. The van der Waals surface area contributed by atoms with Gasteiger partial charge in [0.05, 0.1) is 24.0 Å². The molecule has 0 radical (unpaired) electrons. The largest absolute Gasteiger partial charge is 0.332 e. The molecule has 3 aromatic rings. The van der Waals surface area contributed by atoms with Crippen molar-refractivity contribution >= 4 is 21.1 Å². The zero-order chi connectivity index (χ0) is 22.9. The molecule has 0 aromatic carbocycles. The van der Waals surface area contributed by atoms with Gasteiger partial charge < -0.3 is 4.57 Å². The number of hydrogen-bond acceptors (Lipinski definition) is 6. The van der Waals surface area contributed by atoms with Crippen LogP contribution in [0.3, 0.4) is 0 Å². The molecule has 0 aliphatic heterocycles. The van der Waals surface area contributed by atoms with Crippen LogP contribution in [0.5, 0.6) is 0 Å². The highest BCUT2D eigenvalue weighted by Gasteiger charge is 2.29. The highest BCUT2D eigenvalue weighted by molar-refractivity contribution is 7.89. The predicted octanol–water partition coefficient (Wildman–Crippen LogP) is 3.37. The number of pyridine rings is 1. The minimum Gasteiger partial charge on any atom is -0.332 e. The van der Waals surface area contributed by atoms with Gasteiger partial charge in [-0.25, -0.2) is 31.9 Å². The molecule has 1 N–H and O–H groups in total. The third kappa shape index (κ3) is 3.96. The number of fused-ring (bicyclic) bond motifs is 1. The fourth-order valence-electron chi connectivity index (χ4n) is 4.12. The van der Waals surface area contributed by atoms with Gasteiger partial charge in [0, 0.05) is 12.2 Å². The summed E-state index contributed by atoms with van der Waals surface area (Å²) < 4.78 is 54.3. The van der Waals surface area contributed by atoms with Crippen molar-refractivity contribution in [1.82, 2.24) is 24.2 Å². The fourth-order valence-corrected chi connectivity index (χ4v) is 5.20. The molecular formula is C21H22F2N6O2S. The smallest absolute Gasteiger partial charge is 0.244 e. The van der Waals surface area contributed by atoms with E-state index in [-0.39, 0.29) is 16.8 Å². The van der Waals surface area contributed by atoms with Gasteiger partial charge in [-0.3, -0.25) is 4.98 Å². The molecule has 32 heavy (non-hydrogen) atoms. The van der Waals surface area contributed by atoms with Gasteiger partial charge in [-0.05, 0) is 31.4 Å².